The van der Waals surface area contributed by atoms with E-state index in [1.165, 1.54) is 24.0 Å². The standard InChI is InChI=1S/C17H17N3O6/c1-8(21)20-7-11(22)6-14(20)16(24)18-10-2-3-13-9(4-10)5-12(17(25)26)15(23)19-13/h2-5,11,14,22H,6-7H2,1H3,(H,18,24)(H,19,23)(H,25,26). The molecule has 0 bridgehead atoms. The van der Waals surface area contributed by atoms with E-state index in [9.17, 15) is 24.3 Å². The predicted octanol–water partition coefficient (Wildman–Crippen LogP) is 0.146. The van der Waals surface area contributed by atoms with Crippen molar-refractivity contribution in [2.45, 2.75) is 25.5 Å². The van der Waals surface area contributed by atoms with Crippen molar-refractivity contribution in [3.63, 3.8) is 0 Å². The van der Waals surface area contributed by atoms with Crippen LogP contribution in [0.15, 0.2) is 29.1 Å². The van der Waals surface area contributed by atoms with Crippen LogP contribution in [0.25, 0.3) is 10.9 Å². The van der Waals surface area contributed by atoms with Crippen LogP contribution in [-0.4, -0.2) is 56.6 Å². The highest BCUT2D eigenvalue weighted by atomic mass is 16.4. The molecule has 4 N–H and O–H groups in total. The maximum absolute atomic E-state index is 12.5. The van der Waals surface area contributed by atoms with Crippen LogP contribution in [0.2, 0.25) is 0 Å². The normalized spacial score (nSPS) is 19.5. The van der Waals surface area contributed by atoms with Crippen molar-refractivity contribution >= 4 is 34.4 Å². The molecule has 0 spiro atoms. The molecule has 1 aliphatic heterocycles. The number of aliphatic hydroxyl groups is 1. The van der Waals surface area contributed by atoms with E-state index in [0.717, 1.165) is 0 Å². The third kappa shape index (κ3) is 3.29. The molecule has 0 aliphatic carbocycles. The van der Waals surface area contributed by atoms with Crippen molar-refractivity contribution in [2.75, 3.05) is 11.9 Å². The Morgan fingerprint density at radius 1 is 1.27 bits per heavy atom. The molecule has 136 valence electrons. The number of aromatic amines is 1. The number of fused-ring (bicyclic) bond motifs is 1. The second-order valence-corrected chi connectivity index (χ2v) is 6.19. The summed E-state index contributed by atoms with van der Waals surface area (Å²) in [5, 5.41) is 21.9. The molecule has 9 nitrogen and oxygen atoms in total. The van der Waals surface area contributed by atoms with Crippen LogP contribution < -0.4 is 10.9 Å². The van der Waals surface area contributed by atoms with Gasteiger partial charge in [-0.1, -0.05) is 0 Å². The predicted molar refractivity (Wildman–Crippen MR) is 92.0 cm³/mol. The molecule has 1 aromatic carbocycles. The number of β-amino-alcohol motifs (C(OH)–C–C–N with tert-alkyl or cyclic N) is 1. The molecule has 2 aromatic rings. The smallest absolute Gasteiger partial charge is 0.341 e. The number of H-pyrrole nitrogens is 1. The summed E-state index contributed by atoms with van der Waals surface area (Å²) in [7, 11) is 0. The maximum Gasteiger partial charge on any atom is 0.341 e. The van der Waals surface area contributed by atoms with Gasteiger partial charge in [0.25, 0.3) is 5.56 Å². The highest BCUT2D eigenvalue weighted by Crippen LogP contribution is 2.22. The van der Waals surface area contributed by atoms with E-state index in [-0.39, 0.29) is 18.9 Å². The number of anilines is 1. The summed E-state index contributed by atoms with van der Waals surface area (Å²) < 4.78 is 0. The number of likely N-dealkylation sites (tertiary alicyclic amines) is 1. The van der Waals surface area contributed by atoms with Crippen LogP contribution in [0.1, 0.15) is 23.7 Å². The van der Waals surface area contributed by atoms with Crippen LogP contribution in [0.3, 0.4) is 0 Å². The van der Waals surface area contributed by atoms with E-state index >= 15 is 0 Å². The van der Waals surface area contributed by atoms with Crippen molar-refractivity contribution in [3.05, 3.63) is 40.2 Å². The summed E-state index contributed by atoms with van der Waals surface area (Å²) in [6.45, 7) is 1.44. The molecule has 0 radical (unpaired) electrons. The number of benzene rings is 1. The molecule has 1 saturated heterocycles. The molecule has 9 heteroatoms. The first-order chi connectivity index (χ1) is 12.3. The first-order valence-corrected chi connectivity index (χ1v) is 7.93. The molecular formula is C17H17N3O6. The van der Waals surface area contributed by atoms with Crippen molar-refractivity contribution in [3.8, 4) is 0 Å². The zero-order valence-corrected chi connectivity index (χ0v) is 13.9. The fraction of sp³-hybridized carbons (Fsp3) is 0.294. The van der Waals surface area contributed by atoms with Gasteiger partial charge in [-0.05, 0) is 24.3 Å². The Morgan fingerprint density at radius 2 is 2.00 bits per heavy atom. The fourth-order valence-electron chi connectivity index (χ4n) is 3.08. The molecular weight excluding hydrogens is 342 g/mol. The SMILES string of the molecule is CC(=O)N1CC(O)CC1C(=O)Nc1ccc2[nH]c(=O)c(C(=O)O)cc2c1. The summed E-state index contributed by atoms with van der Waals surface area (Å²) >= 11 is 0. The van der Waals surface area contributed by atoms with Gasteiger partial charge < -0.3 is 25.4 Å². The maximum atomic E-state index is 12.5. The highest BCUT2D eigenvalue weighted by Gasteiger charge is 2.37. The average molecular weight is 359 g/mol. The minimum absolute atomic E-state index is 0.106. The van der Waals surface area contributed by atoms with Crippen LogP contribution in [0.5, 0.6) is 0 Å². The molecule has 1 fully saturated rings. The lowest BCUT2D eigenvalue weighted by atomic mass is 10.1. The third-order valence-electron chi connectivity index (χ3n) is 4.33. The van der Waals surface area contributed by atoms with Gasteiger partial charge in [0.15, 0.2) is 0 Å². The third-order valence-corrected chi connectivity index (χ3v) is 4.33. The zero-order chi connectivity index (χ0) is 19.0. The van der Waals surface area contributed by atoms with E-state index in [4.69, 9.17) is 5.11 Å². The summed E-state index contributed by atoms with van der Waals surface area (Å²) in [5.74, 6) is -2.09. The first kappa shape index (κ1) is 17.6. The number of nitrogens with zero attached hydrogens (tertiary/aromatic N) is 1. The largest absolute Gasteiger partial charge is 0.477 e. The summed E-state index contributed by atoms with van der Waals surface area (Å²) in [5.41, 5.74) is -0.295. The number of carbonyl (C=O) groups is 3. The van der Waals surface area contributed by atoms with Crippen LogP contribution in [0, 0.1) is 0 Å². The molecule has 1 aromatic heterocycles. The number of carbonyl (C=O) groups excluding carboxylic acids is 2. The quantitative estimate of drug-likeness (QED) is 0.615. The summed E-state index contributed by atoms with van der Waals surface area (Å²) in [6.07, 6.45) is -0.607. The minimum atomic E-state index is -1.35. The van der Waals surface area contributed by atoms with Gasteiger partial charge in [-0.25, -0.2) is 4.79 Å². The number of aromatic carboxylic acids is 1. The highest BCUT2D eigenvalue weighted by molar-refractivity contribution is 5.99. The Kier molecular flexibility index (Phi) is 4.47. The number of rotatable bonds is 3. The number of hydrogen-bond acceptors (Lipinski definition) is 5. The Morgan fingerprint density at radius 3 is 2.65 bits per heavy atom. The molecule has 0 saturated carbocycles. The lowest BCUT2D eigenvalue weighted by Gasteiger charge is -2.22. The van der Waals surface area contributed by atoms with Crippen LogP contribution >= 0.6 is 0 Å². The topological polar surface area (TPSA) is 140 Å². The number of amides is 2. The van der Waals surface area contributed by atoms with Gasteiger partial charge >= 0.3 is 5.97 Å². The van der Waals surface area contributed by atoms with Gasteiger partial charge in [-0.3, -0.25) is 14.4 Å². The molecule has 1 aliphatic rings. The number of aromatic nitrogens is 1. The Labute approximate surface area is 147 Å². The van der Waals surface area contributed by atoms with Gasteiger partial charge in [-0.2, -0.15) is 0 Å². The summed E-state index contributed by atoms with van der Waals surface area (Å²) in [4.78, 5) is 50.6. The van der Waals surface area contributed by atoms with E-state index in [1.54, 1.807) is 12.1 Å². The van der Waals surface area contributed by atoms with Gasteiger partial charge in [0.05, 0.1) is 6.10 Å². The Hall–Kier alpha value is -3.20. The lowest BCUT2D eigenvalue weighted by Crippen LogP contribution is -2.42. The number of pyridine rings is 1. The molecule has 2 amide bonds. The van der Waals surface area contributed by atoms with Crippen molar-refractivity contribution < 1.29 is 24.6 Å². The first-order valence-electron chi connectivity index (χ1n) is 7.93. The minimum Gasteiger partial charge on any atom is -0.477 e. The Bertz CT molecular complexity index is 967. The number of carboxylic acid groups (broad SMARTS) is 1. The van der Waals surface area contributed by atoms with Crippen LogP contribution in [0.4, 0.5) is 5.69 Å². The number of carboxylic acids is 1. The monoisotopic (exact) mass is 359 g/mol. The van der Waals surface area contributed by atoms with Gasteiger partial charge in [0.2, 0.25) is 11.8 Å². The summed E-state index contributed by atoms with van der Waals surface area (Å²) in [6, 6.07) is 5.08. The number of nitrogens with one attached hydrogen (secondary N) is 2. The Balaban J connectivity index is 1.87. The van der Waals surface area contributed by atoms with Crippen LogP contribution in [-0.2, 0) is 9.59 Å². The zero-order valence-electron chi connectivity index (χ0n) is 13.9. The fourth-order valence-corrected chi connectivity index (χ4v) is 3.08. The van der Waals surface area contributed by atoms with E-state index in [1.807, 2.05) is 0 Å². The van der Waals surface area contributed by atoms with E-state index < -0.39 is 35.1 Å². The second kappa shape index (κ2) is 6.60. The van der Waals surface area contributed by atoms with Crippen molar-refractivity contribution in [1.29, 1.82) is 0 Å². The lowest BCUT2D eigenvalue weighted by molar-refractivity contribution is -0.134. The van der Waals surface area contributed by atoms with E-state index in [2.05, 4.69) is 10.3 Å². The number of aliphatic hydroxyl groups excluding tert-OH is 1. The molecule has 2 atom stereocenters. The van der Waals surface area contributed by atoms with Gasteiger partial charge in [0.1, 0.15) is 11.6 Å². The number of hydrogen-bond donors (Lipinski definition) is 4. The van der Waals surface area contributed by atoms with Gasteiger partial charge in [0, 0.05) is 36.5 Å². The van der Waals surface area contributed by atoms with Crippen molar-refractivity contribution in [2.24, 2.45) is 0 Å². The second-order valence-electron chi connectivity index (χ2n) is 6.19. The van der Waals surface area contributed by atoms with Crippen molar-refractivity contribution in [1.82, 2.24) is 9.88 Å². The molecule has 2 unspecified atom stereocenters. The van der Waals surface area contributed by atoms with Gasteiger partial charge in [-0.15, -0.1) is 0 Å². The van der Waals surface area contributed by atoms with E-state index in [0.29, 0.717) is 16.6 Å². The average Bonchev–Trinajstić information content (AvgIpc) is 2.96. The molecule has 26 heavy (non-hydrogen) atoms. The molecule has 2 heterocycles. The molecule has 3 rings (SSSR count).